The summed E-state index contributed by atoms with van der Waals surface area (Å²) in [5, 5.41) is 1.45. The average Bonchev–Trinajstić information content (AvgIpc) is 2.58. The zero-order valence-electron chi connectivity index (χ0n) is 14.4. The standard InChI is InChI=1S/C19H25N3O2/c1-14-3-5-16(6-4-14)17-7-8-18(23)22(20-17)13-19(24)21-11-9-15(2)10-12-21/h3-7,15,20H,8-13H2,1-2H3. The molecule has 1 N–H and O–H groups in total. The number of hydrogen-bond acceptors (Lipinski definition) is 3. The van der Waals surface area contributed by atoms with Gasteiger partial charge in [0, 0.05) is 19.5 Å². The molecule has 0 bridgehead atoms. The predicted octanol–water partition coefficient (Wildman–Crippen LogP) is 2.33. The molecule has 24 heavy (non-hydrogen) atoms. The fraction of sp³-hybridized carbons (Fsp3) is 0.474. The van der Waals surface area contributed by atoms with Crippen molar-refractivity contribution in [1.29, 1.82) is 0 Å². The maximum absolute atomic E-state index is 12.5. The van der Waals surface area contributed by atoms with Crippen molar-refractivity contribution in [1.82, 2.24) is 15.3 Å². The van der Waals surface area contributed by atoms with Crippen LogP contribution in [-0.2, 0) is 9.59 Å². The first-order valence-electron chi connectivity index (χ1n) is 8.65. The molecule has 2 heterocycles. The summed E-state index contributed by atoms with van der Waals surface area (Å²) in [6.07, 6.45) is 4.29. The van der Waals surface area contributed by atoms with Gasteiger partial charge in [0.25, 0.3) is 0 Å². The van der Waals surface area contributed by atoms with E-state index < -0.39 is 0 Å². The van der Waals surface area contributed by atoms with Crippen molar-refractivity contribution in [3.8, 4) is 0 Å². The molecule has 1 aromatic rings. The van der Waals surface area contributed by atoms with Crippen LogP contribution in [0.15, 0.2) is 30.3 Å². The highest BCUT2D eigenvalue weighted by atomic mass is 16.2. The highest BCUT2D eigenvalue weighted by Gasteiger charge is 2.26. The first-order valence-corrected chi connectivity index (χ1v) is 8.65. The van der Waals surface area contributed by atoms with E-state index in [0.717, 1.165) is 37.2 Å². The molecule has 1 saturated heterocycles. The summed E-state index contributed by atoms with van der Waals surface area (Å²) < 4.78 is 0. The normalized spacial score (nSPS) is 19.1. The Labute approximate surface area is 143 Å². The zero-order chi connectivity index (χ0) is 17.1. The Bertz CT molecular complexity index is 643. The molecule has 0 aliphatic carbocycles. The first-order chi connectivity index (χ1) is 11.5. The van der Waals surface area contributed by atoms with Gasteiger partial charge in [-0.15, -0.1) is 0 Å². The average molecular weight is 327 g/mol. The fourth-order valence-electron chi connectivity index (χ4n) is 3.09. The van der Waals surface area contributed by atoms with E-state index in [1.807, 2.05) is 42.2 Å². The van der Waals surface area contributed by atoms with Gasteiger partial charge in [-0.3, -0.25) is 15.0 Å². The van der Waals surface area contributed by atoms with E-state index in [2.05, 4.69) is 12.3 Å². The zero-order valence-corrected chi connectivity index (χ0v) is 14.4. The summed E-state index contributed by atoms with van der Waals surface area (Å²) >= 11 is 0. The van der Waals surface area contributed by atoms with Crippen LogP contribution in [0.4, 0.5) is 0 Å². The second kappa shape index (κ2) is 7.07. The van der Waals surface area contributed by atoms with E-state index in [4.69, 9.17) is 0 Å². The molecule has 0 radical (unpaired) electrons. The van der Waals surface area contributed by atoms with Crippen molar-refractivity contribution in [2.75, 3.05) is 19.6 Å². The van der Waals surface area contributed by atoms with E-state index >= 15 is 0 Å². The van der Waals surface area contributed by atoms with E-state index in [0.29, 0.717) is 12.3 Å². The number of aryl methyl sites for hydroxylation is 1. The largest absolute Gasteiger partial charge is 0.341 e. The molecule has 5 nitrogen and oxygen atoms in total. The van der Waals surface area contributed by atoms with Crippen LogP contribution >= 0.6 is 0 Å². The minimum atomic E-state index is -0.0652. The summed E-state index contributed by atoms with van der Waals surface area (Å²) in [6.45, 7) is 5.94. The third-order valence-electron chi connectivity index (χ3n) is 4.83. The molecule has 0 unspecified atom stereocenters. The Hall–Kier alpha value is -2.30. The van der Waals surface area contributed by atoms with Crippen LogP contribution in [0.1, 0.15) is 37.3 Å². The van der Waals surface area contributed by atoms with Crippen molar-refractivity contribution in [2.45, 2.75) is 33.1 Å². The van der Waals surface area contributed by atoms with Gasteiger partial charge in [0.05, 0.1) is 5.70 Å². The minimum Gasteiger partial charge on any atom is -0.341 e. The number of carbonyl (C=O) groups is 2. The summed E-state index contributed by atoms with van der Waals surface area (Å²) in [7, 11) is 0. The summed E-state index contributed by atoms with van der Waals surface area (Å²) in [5.41, 5.74) is 6.22. The number of rotatable bonds is 3. The molecule has 5 heteroatoms. The number of carbonyl (C=O) groups excluding carboxylic acids is 2. The molecule has 2 aliphatic heterocycles. The van der Waals surface area contributed by atoms with Crippen molar-refractivity contribution in [2.24, 2.45) is 5.92 Å². The molecule has 2 amide bonds. The van der Waals surface area contributed by atoms with Gasteiger partial charge in [0.1, 0.15) is 6.54 Å². The number of nitrogens with one attached hydrogen (secondary N) is 1. The Morgan fingerprint density at radius 3 is 2.54 bits per heavy atom. The molecule has 0 spiro atoms. The van der Waals surface area contributed by atoms with Crippen molar-refractivity contribution < 1.29 is 9.59 Å². The molecule has 1 fully saturated rings. The predicted molar refractivity (Wildman–Crippen MR) is 93.6 cm³/mol. The van der Waals surface area contributed by atoms with Crippen LogP contribution in [0.2, 0.25) is 0 Å². The minimum absolute atomic E-state index is 0.0212. The van der Waals surface area contributed by atoms with Crippen LogP contribution in [0.3, 0.4) is 0 Å². The second-order valence-corrected chi connectivity index (χ2v) is 6.84. The highest BCUT2D eigenvalue weighted by Crippen LogP contribution is 2.19. The first kappa shape index (κ1) is 16.6. The number of hydrogen-bond donors (Lipinski definition) is 1. The van der Waals surface area contributed by atoms with Gasteiger partial charge in [-0.25, -0.2) is 5.01 Å². The van der Waals surface area contributed by atoms with E-state index in [-0.39, 0.29) is 18.4 Å². The van der Waals surface area contributed by atoms with Crippen LogP contribution in [0, 0.1) is 12.8 Å². The Kier molecular flexibility index (Phi) is 4.88. The maximum Gasteiger partial charge on any atom is 0.245 e. The second-order valence-electron chi connectivity index (χ2n) is 6.84. The molecular weight excluding hydrogens is 302 g/mol. The van der Waals surface area contributed by atoms with Crippen molar-refractivity contribution in [3.63, 3.8) is 0 Å². The Morgan fingerprint density at radius 2 is 1.88 bits per heavy atom. The monoisotopic (exact) mass is 327 g/mol. The molecular formula is C19H25N3O2. The van der Waals surface area contributed by atoms with Gasteiger partial charge in [-0.2, -0.15) is 0 Å². The van der Waals surface area contributed by atoms with Crippen LogP contribution in [-0.4, -0.2) is 41.4 Å². The summed E-state index contributed by atoms with van der Waals surface area (Å²) in [5.74, 6) is 0.636. The summed E-state index contributed by atoms with van der Waals surface area (Å²) in [6, 6.07) is 8.13. The highest BCUT2D eigenvalue weighted by molar-refractivity contribution is 5.88. The van der Waals surface area contributed by atoms with Crippen LogP contribution in [0.25, 0.3) is 5.70 Å². The fourth-order valence-corrected chi connectivity index (χ4v) is 3.09. The molecule has 0 aromatic heterocycles. The van der Waals surface area contributed by atoms with Gasteiger partial charge in [-0.1, -0.05) is 36.8 Å². The maximum atomic E-state index is 12.5. The lowest BCUT2D eigenvalue weighted by molar-refractivity contribution is -0.142. The van der Waals surface area contributed by atoms with Crippen LogP contribution < -0.4 is 5.43 Å². The Balaban J connectivity index is 1.63. The molecule has 0 atom stereocenters. The number of nitrogens with zero attached hydrogens (tertiary/aromatic N) is 2. The summed E-state index contributed by atoms with van der Waals surface area (Å²) in [4.78, 5) is 26.5. The van der Waals surface area contributed by atoms with Crippen molar-refractivity contribution >= 4 is 17.5 Å². The van der Waals surface area contributed by atoms with Gasteiger partial charge in [-0.05, 0) is 37.3 Å². The SMILES string of the molecule is Cc1ccc(C2=CCC(=O)N(CC(=O)N3CCC(C)CC3)N2)cc1. The molecule has 3 rings (SSSR count). The van der Waals surface area contributed by atoms with Crippen LogP contribution in [0.5, 0.6) is 0 Å². The number of amides is 2. The third-order valence-corrected chi connectivity index (χ3v) is 4.83. The topological polar surface area (TPSA) is 52.7 Å². The van der Waals surface area contributed by atoms with E-state index in [9.17, 15) is 9.59 Å². The number of likely N-dealkylation sites (tertiary alicyclic amines) is 1. The van der Waals surface area contributed by atoms with E-state index in [1.54, 1.807) is 0 Å². The lowest BCUT2D eigenvalue weighted by atomic mass is 9.99. The van der Waals surface area contributed by atoms with Gasteiger partial charge in [0.2, 0.25) is 11.8 Å². The molecule has 128 valence electrons. The molecule has 2 aliphatic rings. The number of benzene rings is 1. The molecule has 1 aromatic carbocycles. The van der Waals surface area contributed by atoms with Gasteiger partial charge < -0.3 is 4.90 Å². The quantitative estimate of drug-likeness (QED) is 0.927. The smallest absolute Gasteiger partial charge is 0.245 e. The lowest BCUT2D eigenvalue weighted by Crippen LogP contribution is -2.51. The van der Waals surface area contributed by atoms with Crippen molar-refractivity contribution in [3.05, 3.63) is 41.5 Å². The van der Waals surface area contributed by atoms with E-state index in [1.165, 1.54) is 10.6 Å². The number of piperidine rings is 1. The Morgan fingerprint density at radius 1 is 1.21 bits per heavy atom. The third kappa shape index (κ3) is 3.78. The number of hydrazine groups is 1. The lowest BCUT2D eigenvalue weighted by Gasteiger charge is -2.34. The molecule has 0 saturated carbocycles. The van der Waals surface area contributed by atoms with Gasteiger partial charge >= 0.3 is 0 Å². The van der Waals surface area contributed by atoms with Gasteiger partial charge in [0.15, 0.2) is 0 Å².